The summed E-state index contributed by atoms with van der Waals surface area (Å²) in [6.45, 7) is 3.32. The molecule has 6 nitrogen and oxygen atoms in total. The predicted molar refractivity (Wildman–Crippen MR) is 123 cm³/mol. The molecular formula is C20H19BrCl3N3O3. The summed E-state index contributed by atoms with van der Waals surface area (Å²) >= 11 is 21.8. The van der Waals surface area contributed by atoms with Gasteiger partial charge in [-0.15, -0.1) is 0 Å². The number of nitrogens with one attached hydrogen (secondary N) is 1. The van der Waals surface area contributed by atoms with Crippen LogP contribution in [0.2, 0.25) is 15.1 Å². The van der Waals surface area contributed by atoms with E-state index in [9.17, 15) is 4.79 Å². The maximum Gasteiger partial charge on any atom is 0.254 e. The maximum absolute atomic E-state index is 12.0. The molecule has 1 aliphatic heterocycles. The van der Waals surface area contributed by atoms with Gasteiger partial charge in [0.25, 0.3) is 5.91 Å². The molecule has 1 amide bonds. The van der Waals surface area contributed by atoms with Crippen LogP contribution >= 0.6 is 50.7 Å². The zero-order valence-corrected chi connectivity index (χ0v) is 19.7. The van der Waals surface area contributed by atoms with E-state index < -0.39 is 0 Å². The van der Waals surface area contributed by atoms with Crippen LogP contribution in [0.15, 0.2) is 39.9 Å². The summed E-state index contributed by atoms with van der Waals surface area (Å²) in [6.07, 6.45) is 1.52. The van der Waals surface area contributed by atoms with Gasteiger partial charge in [-0.3, -0.25) is 9.69 Å². The minimum absolute atomic E-state index is 0.181. The van der Waals surface area contributed by atoms with Crippen molar-refractivity contribution in [3.05, 3.63) is 61.0 Å². The monoisotopic (exact) mass is 533 g/mol. The fourth-order valence-corrected chi connectivity index (χ4v) is 4.06. The van der Waals surface area contributed by atoms with Crippen molar-refractivity contribution in [1.29, 1.82) is 0 Å². The standard InChI is InChI=1S/C20H19BrCl3N3O3/c21-15-7-14(10-25-26-19(28)11-27-3-5-29-6-4-27)9-18(24)20(15)30-12-13-1-2-16(22)17(23)8-13/h1-2,7-10H,3-6,11-12H2,(H,26,28)/b25-10+. The summed E-state index contributed by atoms with van der Waals surface area (Å²) < 4.78 is 11.7. The van der Waals surface area contributed by atoms with Crippen molar-refractivity contribution >= 4 is 62.9 Å². The number of hydrogen-bond donors (Lipinski definition) is 1. The fraction of sp³-hybridized carbons (Fsp3) is 0.300. The molecule has 30 heavy (non-hydrogen) atoms. The van der Waals surface area contributed by atoms with Gasteiger partial charge < -0.3 is 9.47 Å². The van der Waals surface area contributed by atoms with Crippen LogP contribution in [-0.2, 0) is 16.1 Å². The summed E-state index contributed by atoms with van der Waals surface area (Å²) in [5, 5.41) is 5.36. The highest BCUT2D eigenvalue weighted by molar-refractivity contribution is 9.10. The van der Waals surface area contributed by atoms with Crippen LogP contribution in [-0.4, -0.2) is 49.9 Å². The second-order valence-electron chi connectivity index (χ2n) is 6.53. The van der Waals surface area contributed by atoms with E-state index in [1.54, 1.807) is 24.3 Å². The molecule has 160 valence electrons. The van der Waals surface area contributed by atoms with E-state index >= 15 is 0 Å². The number of hydrogen-bond acceptors (Lipinski definition) is 5. The molecule has 1 saturated heterocycles. The van der Waals surface area contributed by atoms with Gasteiger partial charge in [0.1, 0.15) is 6.61 Å². The molecule has 10 heteroatoms. The Morgan fingerprint density at radius 2 is 1.93 bits per heavy atom. The van der Waals surface area contributed by atoms with Crippen LogP contribution < -0.4 is 10.2 Å². The quantitative estimate of drug-likeness (QED) is 0.410. The lowest BCUT2D eigenvalue weighted by Gasteiger charge is -2.25. The van der Waals surface area contributed by atoms with Gasteiger partial charge in [0, 0.05) is 13.1 Å². The third-order valence-corrected chi connectivity index (χ3v) is 5.87. The summed E-state index contributed by atoms with van der Waals surface area (Å²) in [5.74, 6) is 0.316. The van der Waals surface area contributed by atoms with Gasteiger partial charge in [0.2, 0.25) is 0 Å². The van der Waals surface area contributed by atoms with Crippen LogP contribution in [0.3, 0.4) is 0 Å². The molecule has 0 unspecified atom stereocenters. The molecule has 2 aromatic carbocycles. The van der Waals surface area contributed by atoms with Gasteiger partial charge in [-0.2, -0.15) is 5.10 Å². The first kappa shape index (κ1) is 23.3. The van der Waals surface area contributed by atoms with Crippen molar-refractivity contribution in [2.45, 2.75) is 6.61 Å². The number of morpholine rings is 1. The van der Waals surface area contributed by atoms with E-state index in [4.69, 9.17) is 44.3 Å². The minimum Gasteiger partial charge on any atom is -0.486 e. The Morgan fingerprint density at radius 3 is 2.63 bits per heavy atom. The molecule has 0 spiro atoms. The molecule has 1 heterocycles. The second kappa shape index (κ2) is 11.3. The lowest BCUT2D eigenvalue weighted by Crippen LogP contribution is -2.42. The lowest BCUT2D eigenvalue weighted by molar-refractivity contribution is -0.123. The van der Waals surface area contributed by atoms with Crippen LogP contribution in [0.4, 0.5) is 0 Å². The number of rotatable bonds is 7. The number of hydrazone groups is 1. The summed E-state index contributed by atoms with van der Waals surface area (Å²) in [6, 6.07) is 8.79. The van der Waals surface area contributed by atoms with Gasteiger partial charge in [-0.1, -0.05) is 40.9 Å². The molecule has 1 aliphatic rings. The Kier molecular flexibility index (Phi) is 8.80. The van der Waals surface area contributed by atoms with E-state index in [2.05, 4.69) is 26.5 Å². The first-order valence-corrected chi connectivity index (χ1v) is 11.0. The average molecular weight is 536 g/mol. The van der Waals surface area contributed by atoms with E-state index in [1.165, 1.54) is 6.21 Å². The number of nitrogens with zero attached hydrogens (tertiary/aromatic N) is 2. The smallest absolute Gasteiger partial charge is 0.254 e. The molecule has 0 bridgehead atoms. The Labute approximate surface area is 198 Å². The molecule has 1 fully saturated rings. The Bertz CT molecular complexity index is 914. The van der Waals surface area contributed by atoms with Crippen LogP contribution in [0.25, 0.3) is 0 Å². The van der Waals surface area contributed by atoms with Gasteiger partial charge in [-0.05, 0) is 51.3 Å². The number of carbonyl (C=O) groups is 1. The maximum atomic E-state index is 12.0. The molecule has 2 aromatic rings. The van der Waals surface area contributed by atoms with Gasteiger partial charge >= 0.3 is 0 Å². The van der Waals surface area contributed by atoms with Gasteiger partial charge in [0.05, 0.1) is 45.5 Å². The summed E-state index contributed by atoms with van der Waals surface area (Å²) in [7, 11) is 0. The zero-order chi connectivity index (χ0) is 21.5. The topological polar surface area (TPSA) is 63.2 Å². The highest BCUT2D eigenvalue weighted by Crippen LogP contribution is 2.35. The third kappa shape index (κ3) is 6.83. The van der Waals surface area contributed by atoms with Crippen molar-refractivity contribution < 1.29 is 14.3 Å². The van der Waals surface area contributed by atoms with E-state index in [0.29, 0.717) is 44.1 Å². The molecule has 0 saturated carbocycles. The Hall–Kier alpha value is -1.35. The number of amides is 1. The van der Waals surface area contributed by atoms with E-state index in [0.717, 1.165) is 18.7 Å². The Morgan fingerprint density at radius 1 is 1.17 bits per heavy atom. The average Bonchev–Trinajstić information content (AvgIpc) is 2.71. The van der Waals surface area contributed by atoms with E-state index in [-0.39, 0.29) is 19.1 Å². The predicted octanol–water partition coefficient (Wildman–Crippen LogP) is 4.77. The molecule has 0 atom stereocenters. The first-order valence-electron chi connectivity index (χ1n) is 9.10. The highest BCUT2D eigenvalue weighted by atomic mass is 79.9. The van der Waals surface area contributed by atoms with Crippen molar-refractivity contribution in [3.63, 3.8) is 0 Å². The Balaban J connectivity index is 1.56. The molecule has 3 rings (SSSR count). The molecule has 0 radical (unpaired) electrons. The highest BCUT2D eigenvalue weighted by Gasteiger charge is 2.14. The summed E-state index contributed by atoms with van der Waals surface area (Å²) in [5.41, 5.74) is 4.09. The second-order valence-corrected chi connectivity index (χ2v) is 8.61. The van der Waals surface area contributed by atoms with Gasteiger partial charge in [-0.25, -0.2) is 5.43 Å². The van der Waals surface area contributed by atoms with E-state index in [1.807, 2.05) is 11.0 Å². The fourth-order valence-electron chi connectivity index (χ4n) is 2.75. The number of halogens is 4. The number of benzene rings is 2. The lowest BCUT2D eigenvalue weighted by atomic mass is 10.2. The van der Waals surface area contributed by atoms with Gasteiger partial charge in [0.15, 0.2) is 5.75 Å². The number of ether oxygens (including phenoxy) is 2. The van der Waals surface area contributed by atoms with Crippen molar-refractivity contribution in [2.75, 3.05) is 32.8 Å². The van der Waals surface area contributed by atoms with Crippen molar-refractivity contribution in [2.24, 2.45) is 5.10 Å². The largest absolute Gasteiger partial charge is 0.486 e. The van der Waals surface area contributed by atoms with Crippen LogP contribution in [0.1, 0.15) is 11.1 Å². The third-order valence-electron chi connectivity index (χ3n) is 4.26. The molecular weight excluding hydrogens is 517 g/mol. The summed E-state index contributed by atoms with van der Waals surface area (Å²) in [4.78, 5) is 14.0. The first-order chi connectivity index (χ1) is 14.4. The normalized spacial score (nSPS) is 14.8. The van der Waals surface area contributed by atoms with Crippen molar-refractivity contribution in [1.82, 2.24) is 10.3 Å². The number of carbonyl (C=O) groups excluding carboxylic acids is 1. The SMILES string of the molecule is O=C(CN1CCOCC1)N/N=C/c1cc(Cl)c(OCc2ccc(Cl)c(Cl)c2)c(Br)c1. The molecule has 0 aromatic heterocycles. The minimum atomic E-state index is -0.181. The van der Waals surface area contributed by atoms with Crippen LogP contribution in [0.5, 0.6) is 5.75 Å². The molecule has 1 N–H and O–H groups in total. The van der Waals surface area contributed by atoms with Crippen LogP contribution in [0, 0.1) is 0 Å². The molecule has 0 aliphatic carbocycles. The zero-order valence-electron chi connectivity index (χ0n) is 15.8. The van der Waals surface area contributed by atoms with Crippen molar-refractivity contribution in [3.8, 4) is 5.75 Å².